The normalized spacial score (nSPS) is 12.7. The maximum absolute atomic E-state index is 5.98. The molecule has 1 atom stereocenters. The van der Waals surface area contributed by atoms with Crippen LogP contribution in [0.4, 0.5) is 5.69 Å². The lowest BCUT2D eigenvalue weighted by Crippen LogP contribution is -2.27. The van der Waals surface area contributed by atoms with E-state index in [0.29, 0.717) is 0 Å². The van der Waals surface area contributed by atoms with Crippen LogP contribution in [0.15, 0.2) is 18.3 Å². The maximum atomic E-state index is 5.98. The SMILES string of the molecule is CC[C@H](N)c1ccc(N(CC)CCCN(C)C)cn1. The molecule has 19 heavy (non-hydrogen) atoms. The van der Waals surface area contributed by atoms with E-state index in [1.807, 2.05) is 6.20 Å². The smallest absolute Gasteiger partial charge is 0.0572 e. The second kappa shape index (κ2) is 8.12. The van der Waals surface area contributed by atoms with Gasteiger partial charge in [0.05, 0.1) is 17.6 Å². The molecule has 0 unspecified atom stereocenters. The average molecular weight is 264 g/mol. The van der Waals surface area contributed by atoms with Crippen molar-refractivity contribution in [1.82, 2.24) is 9.88 Å². The molecule has 0 aromatic carbocycles. The Bertz CT molecular complexity index is 348. The lowest BCUT2D eigenvalue weighted by atomic mass is 10.1. The highest BCUT2D eigenvalue weighted by Gasteiger charge is 2.08. The fourth-order valence-electron chi connectivity index (χ4n) is 2.06. The molecule has 1 aromatic heterocycles. The van der Waals surface area contributed by atoms with Gasteiger partial charge in [0.15, 0.2) is 0 Å². The summed E-state index contributed by atoms with van der Waals surface area (Å²) in [4.78, 5) is 9.06. The van der Waals surface area contributed by atoms with E-state index >= 15 is 0 Å². The molecule has 1 heterocycles. The Morgan fingerprint density at radius 2 is 1.95 bits per heavy atom. The summed E-state index contributed by atoms with van der Waals surface area (Å²) >= 11 is 0. The first-order valence-electron chi connectivity index (χ1n) is 7.19. The third kappa shape index (κ3) is 5.17. The Kier molecular flexibility index (Phi) is 6.81. The van der Waals surface area contributed by atoms with Gasteiger partial charge in [0, 0.05) is 19.1 Å². The van der Waals surface area contributed by atoms with Gasteiger partial charge in [0.1, 0.15) is 0 Å². The molecule has 0 radical (unpaired) electrons. The summed E-state index contributed by atoms with van der Waals surface area (Å²) in [6, 6.07) is 4.24. The van der Waals surface area contributed by atoms with Crippen LogP contribution >= 0.6 is 0 Å². The van der Waals surface area contributed by atoms with Crippen molar-refractivity contribution in [3.8, 4) is 0 Å². The fraction of sp³-hybridized carbons (Fsp3) is 0.667. The number of anilines is 1. The highest BCUT2D eigenvalue weighted by atomic mass is 15.1. The van der Waals surface area contributed by atoms with E-state index in [4.69, 9.17) is 5.73 Å². The molecule has 0 aliphatic carbocycles. The molecule has 1 rings (SSSR count). The zero-order chi connectivity index (χ0) is 14.3. The lowest BCUT2D eigenvalue weighted by molar-refractivity contribution is 0.400. The van der Waals surface area contributed by atoms with E-state index < -0.39 is 0 Å². The molecule has 2 N–H and O–H groups in total. The molecule has 108 valence electrons. The Labute approximate surface area is 117 Å². The van der Waals surface area contributed by atoms with Crippen molar-refractivity contribution in [3.63, 3.8) is 0 Å². The van der Waals surface area contributed by atoms with Gasteiger partial charge in [0.2, 0.25) is 0 Å². The Morgan fingerprint density at radius 1 is 1.21 bits per heavy atom. The number of aromatic nitrogens is 1. The summed E-state index contributed by atoms with van der Waals surface area (Å²) in [5.41, 5.74) is 8.16. The van der Waals surface area contributed by atoms with Gasteiger partial charge in [-0.1, -0.05) is 6.92 Å². The summed E-state index contributed by atoms with van der Waals surface area (Å²) in [6.07, 6.45) is 4.04. The van der Waals surface area contributed by atoms with Gasteiger partial charge >= 0.3 is 0 Å². The second-order valence-corrected chi connectivity index (χ2v) is 5.19. The van der Waals surface area contributed by atoms with Crippen LogP contribution in [0.2, 0.25) is 0 Å². The van der Waals surface area contributed by atoms with Crippen LogP contribution in [0.25, 0.3) is 0 Å². The topological polar surface area (TPSA) is 45.4 Å². The highest BCUT2D eigenvalue weighted by molar-refractivity contribution is 5.44. The Hall–Kier alpha value is -1.13. The average Bonchev–Trinajstić information content (AvgIpc) is 2.43. The fourth-order valence-corrected chi connectivity index (χ4v) is 2.06. The van der Waals surface area contributed by atoms with Gasteiger partial charge in [-0.2, -0.15) is 0 Å². The van der Waals surface area contributed by atoms with Crippen LogP contribution in [0.3, 0.4) is 0 Å². The minimum atomic E-state index is 0.0536. The van der Waals surface area contributed by atoms with Crippen molar-refractivity contribution < 1.29 is 0 Å². The van der Waals surface area contributed by atoms with Crippen LogP contribution < -0.4 is 10.6 Å². The first-order chi connectivity index (χ1) is 9.08. The standard InChI is InChI=1S/C15H28N4/c1-5-14(16)15-9-8-13(12-17-15)19(6-2)11-7-10-18(3)4/h8-9,12,14H,5-7,10-11,16H2,1-4H3/t14-/m0/s1. The van der Waals surface area contributed by atoms with Gasteiger partial charge in [0.25, 0.3) is 0 Å². The summed E-state index contributed by atoms with van der Waals surface area (Å²) in [5, 5.41) is 0. The zero-order valence-electron chi connectivity index (χ0n) is 12.8. The zero-order valence-corrected chi connectivity index (χ0v) is 12.8. The predicted octanol–water partition coefficient (Wildman–Crippen LogP) is 2.27. The number of hydrogen-bond acceptors (Lipinski definition) is 4. The van der Waals surface area contributed by atoms with E-state index in [2.05, 4.69) is 54.9 Å². The first kappa shape index (κ1) is 15.9. The monoisotopic (exact) mass is 264 g/mol. The van der Waals surface area contributed by atoms with Gasteiger partial charge in [-0.05, 0) is 52.5 Å². The Balaban J connectivity index is 2.60. The van der Waals surface area contributed by atoms with E-state index in [1.165, 1.54) is 5.69 Å². The molecular formula is C15H28N4. The molecule has 0 bridgehead atoms. The van der Waals surface area contributed by atoms with Crippen molar-refractivity contribution in [2.45, 2.75) is 32.7 Å². The van der Waals surface area contributed by atoms with Crippen molar-refractivity contribution in [3.05, 3.63) is 24.0 Å². The van der Waals surface area contributed by atoms with Gasteiger partial charge < -0.3 is 15.5 Å². The van der Waals surface area contributed by atoms with Gasteiger partial charge in [-0.25, -0.2) is 0 Å². The molecule has 4 heteroatoms. The number of nitrogens with zero attached hydrogens (tertiary/aromatic N) is 3. The van der Waals surface area contributed by atoms with E-state index in [1.54, 1.807) is 0 Å². The van der Waals surface area contributed by atoms with Crippen LogP contribution in [-0.4, -0.2) is 43.6 Å². The molecular weight excluding hydrogens is 236 g/mol. The lowest BCUT2D eigenvalue weighted by Gasteiger charge is -2.24. The largest absolute Gasteiger partial charge is 0.371 e. The molecule has 0 saturated carbocycles. The summed E-state index contributed by atoms with van der Waals surface area (Å²) in [6.45, 7) is 7.45. The number of pyridine rings is 1. The summed E-state index contributed by atoms with van der Waals surface area (Å²) in [5.74, 6) is 0. The molecule has 0 amide bonds. The predicted molar refractivity (Wildman–Crippen MR) is 82.5 cm³/mol. The van der Waals surface area contributed by atoms with Crippen molar-refractivity contribution in [2.75, 3.05) is 38.6 Å². The summed E-state index contributed by atoms with van der Waals surface area (Å²) < 4.78 is 0. The quantitative estimate of drug-likeness (QED) is 0.782. The first-order valence-corrected chi connectivity index (χ1v) is 7.19. The molecule has 0 aliphatic heterocycles. The number of rotatable bonds is 8. The van der Waals surface area contributed by atoms with Crippen molar-refractivity contribution in [1.29, 1.82) is 0 Å². The molecule has 4 nitrogen and oxygen atoms in total. The second-order valence-electron chi connectivity index (χ2n) is 5.19. The number of hydrogen-bond donors (Lipinski definition) is 1. The van der Waals surface area contributed by atoms with Crippen molar-refractivity contribution >= 4 is 5.69 Å². The van der Waals surface area contributed by atoms with Gasteiger partial charge in [-0.3, -0.25) is 4.98 Å². The molecule has 1 aromatic rings. The molecule has 0 aliphatic rings. The van der Waals surface area contributed by atoms with E-state index in [9.17, 15) is 0 Å². The van der Waals surface area contributed by atoms with Crippen LogP contribution in [0, 0.1) is 0 Å². The molecule has 0 spiro atoms. The highest BCUT2D eigenvalue weighted by Crippen LogP contribution is 2.17. The van der Waals surface area contributed by atoms with Crippen molar-refractivity contribution in [2.24, 2.45) is 5.73 Å². The minimum absolute atomic E-state index is 0.0536. The minimum Gasteiger partial charge on any atom is -0.371 e. The van der Waals surface area contributed by atoms with Crippen LogP contribution in [0.5, 0.6) is 0 Å². The van der Waals surface area contributed by atoms with E-state index in [-0.39, 0.29) is 6.04 Å². The van der Waals surface area contributed by atoms with Gasteiger partial charge in [-0.15, -0.1) is 0 Å². The van der Waals surface area contributed by atoms with Crippen LogP contribution in [0.1, 0.15) is 38.4 Å². The van der Waals surface area contributed by atoms with E-state index in [0.717, 1.165) is 38.2 Å². The summed E-state index contributed by atoms with van der Waals surface area (Å²) in [7, 11) is 4.22. The molecule has 0 fully saturated rings. The molecule has 0 saturated heterocycles. The maximum Gasteiger partial charge on any atom is 0.0572 e. The van der Waals surface area contributed by atoms with Crippen LogP contribution in [-0.2, 0) is 0 Å². The third-order valence-electron chi connectivity index (χ3n) is 3.37. The third-order valence-corrected chi connectivity index (χ3v) is 3.37. The number of nitrogens with two attached hydrogens (primary N) is 1. The Morgan fingerprint density at radius 3 is 2.42 bits per heavy atom.